The van der Waals surface area contributed by atoms with Gasteiger partial charge in [-0.25, -0.2) is 9.78 Å². The number of rotatable bonds is 5. The first kappa shape index (κ1) is 10.3. The molecule has 0 aliphatic heterocycles. The molecular formula is C9H11N3O2. The van der Waals surface area contributed by atoms with Crippen molar-refractivity contribution in [1.29, 1.82) is 5.26 Å². The number of unbranched alkanes of at least 4 members (excludes halogenated alkanes) is 2. The van der Waals surface area contributed by atoms with Crippen LogP contribution in [0.1, 0.15) is 29.8 Å². The van der Waals surface area contributed by atoms with Gasteiger partial charge in [-0.15, -0.1) is 0 Å². The zero-order valence-electron chi connectivity index (χ0n) is 7.68. The molecule has 1 rings (SSSR count). The van der Waals surface area contributed by atoms with Crippen molar-refractivity contribution in [2.75, 3.05) is 0 Å². The molecule has 0 atom stereocenters. The van der Waals surface area contributed by atoms with Crippen LogP contribution in [-0.2, 0) is 6.54 Å². The Morgan fingerprint density at radius 2 is 2.43 bits per heavy atom. The molecule has 0 radical (unpaired) electrons. The SMILES string of the molecule is N#CCCCCn1cnc(C(=O)O)c1. The minimum absolute atomic E-state index is 0.0604. The first-order valence-electron chi connectivity index (χ1n) is 4.36. The van der Waals surface area contributed by atoms with Crippen LogP contribution in [0.15, 0.2) is 12.5 Å². The lowest BCUT2D eigenvalue weighted by Gasteiger charge is -1.98. The zero-order chi connectivity index (χ0) is 10.4. The van der Waals surface area contributed by atoms with Crippen LogP contribution in [0.3, 0.4) is 0 Å². The number of carbonyl (C=O) groups is 1. The predicted octanol–water partition coefficient (Wildman–Crippen LogP) is 1.28. The normalized spacial score (nSPS) is 9.64. The second kappa shape index (κ2) is 5.02. The molecule has 14 heavy (non-hydrogen) atoms. The van der Waals surface area contributed by atoms with Gasteiger partial charge in [0.05, 0.1) is 12.4 Å². The van der Waals surface area contributed by atoms with Gasteiger partial charge in [0.2, 0.25) is 0 Å². The third-order valence-electron chi connectivity index (χ3n) is 1.81. The molecule has 0 aromatic carbocycles. The lowest BCUT2D eigenvalue weighted by atomic mass is 10.2. The average molecular weight is 193 g/mol. The molecule has 5 heteroatoms. The molecule has 1 aromatic heterocycles. The zero-order valence-corrected chi connectivity index (χ0v) is 7.68. The fourth-order valence-corrected chi connectivity index (χ4v) is 1.09. The van der Waals surface area contributed by atoms with Gasteiger partial charge in [0.15, 0.2) is 5.69 Å². The van der Waals surface area contributed by atoms with Crippen LogP contribution in [-0.4, -0.2) is 20.6 Å². The number of nitrogens with zero attached hydrogens (tertiary/aromatic N) is 3. The highest BCUT2D eigenvalue weighted by atomic mass is 16.4. The molecule has 0 saturated heterocycles. The molecule has 0 unspecified atom stereocenters. The first-order valence-corrected chi connectivity index (χ1v) is 4.36. The van der Waals surface area contributed by atoms with Gasteiger partial charge in [-0.05, 0) is 12.8 Å². The van der Waals surface area contributed by atoms with Crippen LogP contribution >= 0.6 is 0 Å². The maximum absolute atomic E-state index is 10.5. The Kier molecular flexibility index (Phi) is 3.68. The van der Waals surface area contributed by atoms with Gasteiger partial charge >= 0.3 is 5.97 Å². The summed E-state index contributed by atoms with van der Waals surface area (Å²) in [5.41, 5.74) is 0.0604. The Labute approximate surface area is 81.6 Å². The summed E-state index contributed by atoms with van der Waals surface area (Å²) in [7, 11) is 0. The van der Waals surface area contributed by atoms with Crippen LogP contribution in [0.4, 0.5) is 0 Å². The van der Waals surface area contributed by atoms with Crippen LogP contribution in [0.25, 0.3) is 0 Å². The quantitative estimate of drug-likeness (QED) is 0.714. The number of carboxylic acids is 1. The molecule has 1 N–H and O–H groups in total. The van der Waals surface area contributed by atoms with Crippen LogP contribution in [0.5, 0.6) is 0 Å². The van der Waals surface area contributed by atoms with Gasteiger partial charge in [-0.3, -0.25) is 0 Å². The topological polar surface area (TPSA) is 78.9 Å². The van der Waals surface area contributed by atoms with E-state index < -0.39 is 5.97 Å². The van der Waals surface area contributed by atoms with Crippen LogP contribution in [0.2, 0.25) is 0 Å². The van der Waals surface area contributed by atoms with Crippen molar-refractivity contribution in [2.24, 2.45) is 0 Å². The largest absolute Gasteiger partial charge is 0.476 e. The maximum Gasteiger partial charge on any atom is 0.356 e. The third-order valence-corrected chi connectivity index (χ3v) is 1.81. The lowest BCUT2D eigenvalue weighted by Crippen LogP contribution is -1.97. The Balaban J connectivity index is 2.37. The Bertz CT molecular complexity index is 351. The number of hydrogen-bond acceptors (Lipinski definition) is 3. The predicted molar refractivity (Wildman–Crippen MR) is 48.7 cm³/mol. The van der Waals surface area contributed by atoms with E-state index in [4.69, 9.17) is 10.4 Å². The van der Waals surface area contributed by atoms with Crippen LogP contribution in [0, 0.1) is 11.3 Å². The average Bonchev–Trinajstić information content (AvgIpc) is 2.61. The van der Waals surface area contributed by atoms with Gasteiger partial charge in [-0.2, -0.15) is 5.26 Å². The molecule has 1 aromatic rings. The van der Waals surface area contributed by atoms with E-state index >= 15 is 0 Å². The molecule has 0 spiro atoms. The summed E-state index contributed by atoms with van der Waals surface area (Å²) < 4.78 is 1.72. The third kappa shape index (κ3) is 2.90. The molecule has 0 aliphatic carbocycles. The number of hydrogen-bond donors (Lipinski definition) is 1. The summed E-state index contributed by atoms with van der Waals surface area (Å²) in [6.45, 7) is 0.710. The lowest BCUT2D eigenvalue weighted by molar-refractivity contribution is 0.0691. The number of imidazole rings is 1. The second-order valence-corrected chi connectivity index (χ2v) is 2.92. The summed E-state index contributed by atoms with van der Waals surface area (Å²) in [5, 5.41) is 16.9. The van der Waals surface area contributed by atoms with E-state index in [1.165, 1.54) is 12.5 Å². The summed E-state index contributed by atoms with van der Waals surface area (Å²) in [5.74, 6) is -1.01. The second-order valence-electron chi connectivity index (χ2n) is 2.92. The van der Waals surface area contributed by atoms with E-state index in [0.29, 0.717) is 13.0 Å². The van der Waals surface area contributed by atoms with Gasteiger partial charge < -0.3 is 9.67 Å². The fourth-order valence-electron chi connectivity index (χ4n) is 1.09. The molecular weight excluding hydrogens is 182 g/mol. The van der Waals surface area contributed by atoms with E-state index in [2.05, 4.69) is 11.1 Å². The smallest absolute Gasteiger partial charge is 0.356 e. The first-order chi connectivity index (χ1) is 6.74. The van der Waals surface area contributed by atoms with E-state index in [0.717, 1.165) is 12.8 Å². The number of aromatic carboxylic acids is 1. The Hall–Kier alpha value is -1.83. The molecule has 1 heterocycles. The highest BCUT2D eigenvalue weighted by molar-refractivity contribution is 5.84. The highest BCUT2D eigenvalue weighted by Crippen LogP contribution is 2.01. The minimum atomic E-state index is -1.01. The monoisotopic (exact) mass is 193 g/mol. The van der Waals surface area contributed by atoms with E-state index in [-0.39, 0.29) is 5.69 Å². The molecule has 74 valence electrons. The minimum Gasteiger partial charge on any atom is -0.476 e. The Morgan fingerprint density at radius 3 is 3.00 bits per heavy atom. The fraction of sp³-hybridized carbons (Fsp3) is 0.444. The molecule has 0 amide bonds. The molecule has 0 bridgehead atoms. The van der Waals surface area contributed by atoms with Crippen molar-refractivity contribution in [3.05, 3.63) is 18.2 Å². The van der Waals surface area contributed by atoms with Crippen LogP contribution < -0.4 is 0 Å². The van der Waals surface area contributed by atoms with Crippen molar-refractivity contribution in [2.45, 2.75) is 25.8 Å². The highest BCUT2D eigenvalue weighted by Gasteiger charge is 2.05. The molecule has 0 fully saturated rings. The molecule has 0 saturated carbocycles. The van der Waals surface area contributed by atoms with Crippen molar-refractivity contribution in [1.82, 2.24) is 9.55 Å². The van der Waals surface area contributed by atoms with E-state index in [1.807, 2.05) is 0 Å². The van der Waals surface area contributed by atoms with Gasteiger partial charge in [-0.1, -0.05) is 0 Å². The van der Waals surface area contributed by atoms with Crippen molar-refractivity contribution in [3.8, 4) is 6.07 Å². The van der Waals surface area contributed by atoms with Gasteiger partial charge in [0.25, 0.3) is 0 Å². The number of carboxylic acid groups (broad SMARTS) is 1. The standard InChI is InChI=1S/C9H11N3O2/c10-4-2-1-3-5-12-6-8(9(13)14)11-7-12/h6-7H,1-3,5H2,(H,13,14). The number of aromatic nitrogens is 2. The summed E-state index contributed by atoms with van der Waals surface area (Å²) >= 11 is 0. The van der Waals surface area contributed by atoms with Gasteiger partial charge in [0.1, 0.15) is 0 Å². The summed E-state index contributed by atoms with van der Waals surface area (Å²) in [4.78, 5) is 14.2. The number of aryl methyl sites for hydroxylation is 1. The molecule has 5 nitrogen and oxygen atoms in total. The van der Waals surface area contributed by atoms with Gasteiger partial charge in [0, 0.05) is 19.2 Å². The van der Waals surface area contributed by atoms with Crippen molar-refractivity contribution >= 4 is 5.97 Å². The number of nitriles is 1. The van der Waals surface area contributed by atoms with E-state index in [9.17, 15) is 4.79 Å². The summed E-state index contributed by atoms with van der Waals surface area (Å²) in [6.07, 6.45) is 5.23. The summed E-state index contributed by atoms with van der Waals surface area (Å²) in [6, 6.07) is 2.06. The maximum atomic E-state index is 10.5. The molecule has 0 aliphatic rings. The Morgan fingerprint density at radius 1 is 1.64 bits per heavy atom. The van der Waals surface area contributed by atoms with E-state index in [1.54, 1.807) is 4.57 Å². The van der Waals surface area contributed by atoms with Crippen molar-refractivity contribution < 1.29 is 9.90 Å². The van der Waals surface area contributed by atoms with Crippen molar-refractivity contribution in [3.63, 3.8) is 0 Å².